The van der Waals surface area contributed by atoms with Gasteiger partial charge in [0.15, 0.2) is 0 Å². The van der Waals surface area contributed by atoms with E-state index in [2.05, 4.69) is 4.98 Å². The minimum Gasteiger partial charge on any atom is -0.461 e. The molecule has 0 spiro atoms. The topological polar surface area (TPSA) is 53.1 Å². The lowest BCUT2D eigenvalue weighted by Gasteiger charge is -2.26. The van der Waals surface area contributed by atoms with Gasteiger partial charge in [0.05, 0.1) is 0 Å². The molecule has 0 aromatic carbocycles. The minimum atomic E-state index is 0.250. The molecule has 1 aromatic heterocycles. The molecule has 4 nitrogen and oxygen atoms in total. The first-order valence-corrected chi connectivity index (χ1v) is 5.15. The Bertz CT molecular complexity index is 297. The Labute approximate surface area is 84.1 Å². The molecule has 0 bridgehead atoms. The van der Waals surface area contributed by atoms with Crippen LogP contribution >= 0.6 is 0 Å². The van der Waals surface area contributed by atoms with E-state index in [1.165, 1.54) is 0 Å². The molecule has 1 aliphatic rings. The molecule has 0 saturated heterocycles. The molecule has 2 unspecified atom stereocenters. The van der Waals surface area contributed by atoms with Crippen molar-refractivity contribution < 1.29 is 4.74 Å². The first-order valence-electron chi connectivity index (χ1n) is 5.15. The molecule has 0 aliphatic heterocycles. The molecule has 1 heterocycles. The summed E-state index contributed by atoms with van der Waals surface area (Å²) in [6, 6.07) is 0.998. The second kappa shape index (κ2) is 4.00. The lowest BCUT2D eigenvalue weighted by atomic mass is 9.94. The molecule has 2 rings (SSSR count). The number of aryl methyl sites for hydroxylation is 1. The highest BCUT2D eigenvalue weighted by atomic mass is 16.5. The van der Waals surface area contributed by atoms with Gasteiger partial charge < -0.3 is 15.0 Å². The third-order valence-corrected chi connectivity index (χ3v) is 2.72. The van der Waals surface area contributed by atoms with E-state index in [9.17, 15) is 0 Å². The SMILES string of the molecule is Cn1ccnc1OC1CCCC(N)C1. The minimum absolute atomic E-state index is 0.250. The number of imidazole rings is 1. The average Bonchev–Trinajstić information content (AvgIpc) is 2.52. The fourth-order valence-corrected chi connectivity index (χ4v) is 1.90. The van der Waals surface area contributed by atoms with Crippen LogP contribution in [0.15, 0.2) is 12.4 Å². The van der Waals surface area contributed by atoms with Gasteiger partial charge in [-0.05, 0) is 25.7 Å². The normalized spacial score (nSPS) is 27.6. The van der Waals surface area contributed by atoms with Crippen molar-refractivity contribution in [2.75, 3.05) is 0 Å². The predicted octanol–water partition coefficient (Wildman–Crippen LogP) is 1.07. The third kappa shape index (κ3) is 2.07. The molecule has 2 atom stereocenters. The van der Waals surface area contributed by atoms with E-state index in [4.69, 9.17) is 10.5 Å². The molecule has 2 N–H and O–H groups in total. The molecule has 78 valence electrons. The predicted molar refractivity (Wildman–Crippen MR) is 54.1 cm³/mol. The molecule has 1 aliphatic carbocycles. The molecule has 1 fully saturated rings. The van der Waals surface area contributed by atoms with Crippen molar-refractivity contribution in [2.24, 2.45) is 12.8 Å². The third-order valence-electron chi connectivity index (χ3n) is 2.72. The molecule has 1 saturated carbocycles. The van der Waals surface area contributed by atoms with Crippen LogP contribution in [0.25, 0.3) is 0 Å². The Morgan fingerprint density at radius 1 is 1.57 bits per heavy atom. The lowest BCUT2D eigenvalue weighted by molar-refractivity contribution is 0.128. The first-order chi connectivity index (χ1) is 6.75. The van der Waals surface area contributed by atoms with E-state index in [0.717, 1.165) is 25.7 Å². The van der Waals surface area contributed by atoms with Gasteiger partial charge in [0.25, 0.3) is 6.01 Å². The molecule has 14 heavy (non-hydrogen) atoms. The van der Waals surface area contributed by atoms with Gasteiger partial charge >= 0.3 is 0 Å². The summed E-state index contributed by atoms with van der Waals surface area (Å²) < 4.78 is 7.66. The van der Waals surface area contributed by atoms with E-state index in [0.29, 0.717) is 12.1 Å². The van der Waals surface area contributed by atoms with Gasteiger partial charge in [-0.3, -0.25) is 0 Å². The molecule has 0 radical (unpaired) electrons. The standard InChI is InChI=1S/C10H17N3O/c1-13-6-5-12-10(13)14-9-4-2-3-8(11)7-9/h5-6,8-9H,2-4,7,11H2,1H3. The van der Waals surface area contributed by atoms with E-state index in [-0.39, 0.29) is 6.10 Å². The van der Waals surface area contributed by atoms with Crippen molar-refractivity contribution in [2.45, 2.75) is 37.8 Å². The Morgan fingerprint density at radius 3 is 3.07 bits per heavy atom. The van der Waals surface area contributed by atoms with Gasteiger partial charge in [-0.25, -0.2) is 4.98 Å². The number of aromatic nitrogens is 2. The van der Waals surface area contributed by atoms with Crippen LogP contribution in [0, 0.1) is 0 Å². The zero-order chi connectivity index (χ0) is 9.97. The molecule has 0 amide bonds. The van der Waals surface area contributed by atoms with Crippen LogP contribution in [0.5, 0.6) is 6.01 Å². The van der Waals surface area contributed by atoms with Crippen LogP contribution in [0.3, 0.4) is 0 Å². The summed E-state index contributed by atoms with van der Waals surface area (Å²) in [5, 5.41) is 0. The summed E-state index contributed by atoms with van der Waals surface area (Å²) >= 11 is 0. The molecular weight excluding hydrogens is 178 g/mol. The van der Waals surface area contributed by atoms with Crippen LogP contribution < -0.4 is 10.5 Å². The zero-order valence-corrected chi connectivity index (χ0v) is 8.52. The summed E-state index contributed by atoms with van der Waals surface area (Å²) in [5.74, 6) is 0. The summed E-state index contributed by atoms with van der Waals surface area (Å²) in [6.07, 6.45) is 8.22. The summed E-state index contributed by atoms with van der Waals surface area (Å²) in [5.41, 5.74) is 5.88. The van der Waals surface area contributed by atoms with Crippen LogP contribution in [0.1, 0.15) is 25.7 Å². The van der Waals surface area contributed by atoms with Crippen molar-refractivity contribution >= 4 is 0 Å². The maximum absolute atomic E-state index is 5.88. The van der Waals surface area contributed by atoms with Crippen LogP contribution in [0.2, 0.25) is 0 Å². The number of nitrogens with two attached hydrogens (primary N) is 1. The summed E-state index contributed by atoms with van der Waals surface area (Å²) in [6.45, 7) is 0. The average molecular weight is 195 g/mol. The van der Waals surface area contributed by atoms with E-state index >= 15 is 0 Å². The van der Waals surface area contributed by atoms with Crippen molar-refractivity contribution in [3.63, 3.8) is 0 Å². The second-order valence-electron chi connectivity index (χ2n) is 3.99. The number of nitrogens with zero attached hydrogens (tertiary/aromatic N) is 2. The summed E-state index contributed by atoms with van der Waals surface area (Å²) in [7, 11) is 1.94. The van der Waals surface area contributed by atoms with Crippen LogP contribution in [0.4, 0.5) is 0 Å². The highest BCUT2D eigenvalue weighted by Gasteiger charge is 2.21. The number of hydrogen-bond acceptors (Lipinski definition) is 3. The monoisotopic (exact) mass is 195 g/mol. The van der Waals surface area contributed by atoms with Crippen LogP contribution in [-0.4, -0.2) is 21.7 Å². The Morgan fingerprint density at radius 2 is 2.43 bits per heavy atom. The number of hydrogen-bond donors (Lipinski definition) is 1. The Hall–Kier alpha value is -1.03. The maximum Gasteiger partial charge on any atom is 0.296 e. The molecular formula is C10H17N3O. The van der Waals surface area contributed by atoms with Gasteiger partial charge in [0, 0.05) is 25.5 Å². The lowest BCUT2D eigenvalue weighted by Crippen LogP contribution is -2.34. The van der Waals surface area contributed by atoms with Crippen molar-refractivity contribution in [1.82, 2.24) is 9.55 Å². The van der Waals surface area contributed by atoms with E-state index < -0.39 is 0 Å². The smallest absolute Gasteiger partial charge is 0.296 e. The highest BCUT2D eigenvalue weighted by Crippen LogP contribution is 2.21. The van der Waals surface area contributed by atoms with Gasteiger partial charge in [0.2, 0.25) is 0 Å². The maximum atomic E-state index is 5.88. The highest BCUT2D eigenvalue weighted by molar-refractivity contribution is 4.98. The van der Waals surface area contributed by atoms with Crippen molar-refractivity contribution in [3.05, 3.63) is 12.4 Å². The van der Waals surface area contributed by atoms with E-state index in [1.54, 1.807) is 6.20 Å². The summed E-state index contributed by atoms with van der Waals surface area (Å²) in [4.78, 5) is 4.13. The van der Waals surface area contributed by atoms with Gasteiger partial charge in [-0.2, -0.15) is 0 Å². The van der Waals surface area contributed by atoms with E-state index in [1.807, 2.05) is 17.8 Å². The second-order valence-corrected chi connectivity index (χ2v) is 3.99. The fourth-order valence-electron chi connectivity index (χ4n) is 1.90. The molecule has 1 aromatic rings. The van der Waals surface area contributed by atoms with Crippen molar-refractivity contribution in [1.29, 1.82) is 0 Å². The Kier molecular flexibility index (Phi) is 2.72. The van der Waals surface area contributed by atoms with Crippen molar-refractivity contribution in [3.8, 4) is 6.01 Å². The quantitative estimate of drug-likeness (QED) is 0.768. The largest absolute Gasteiger partial charge is 0.461 e. The number of rotatable bonds is 2. The van der Waals surface area contributed by atoms with Crippen LogP contribution in [-0.2, 0) is 7.05 Å². The zero-order valence-electron chi connectivity index (χ0n) is 8.52. The molecule has 4 heteroatoms. The Balaban J connectivity index is 1.94. The van der Waals surface area contributed by atoms with Gasteiger partial charge in [-0.1, -0.05) is 0 Å². The number of ether oxygens (including phenoxy) is 1. The fraction of sp³-hybridized carbons (Fsp3) is 0.700. The van der Waals surface area contributed by atoms with Gasteiger partial charge in [-0.15, -0.1) is 0 Å². The first kappa shape index (κ1) is 9.52. The van der Waals surface area contributed by atoms with Gasteiger partial charge in [0.1, 0.15) is 6.10 Å².